The molecule has 1 heterocycles. The van der Waals surface area contributed by atoms with E-state index < -0.39 is 0 Å². The lowest BCUT2D eigenvalue weighted by Gasteiger charge is -2.03. The SMILES string of the molecule is Cc1cccc(-c2nc3cc(CC(C)C)ccc3o2)c1. The van der Waals surface area contributed by atoms with Gasteiger partial charge in [0.05, 0.1) is 0 Å². The van der Waals surface area contributed by atoms with E-state index >= 15 is 0 Å². The Labute approximate surface area is 119 Å². The summed E-state index contributed by atoms with van der Waals surface area (Å²) in [6, 6.07) is 14.5. The summed E-state index contributed by atoms with van der Waals surface area (Å²) in [6.07, 6.45) is 1.07. The van der Waals surface area contributed by atoms with Gasteiger partial charge in [-0.3, -0.25) is 0 Å². The zero-order valence-electron chi connectivity index (χ0n) is 12.2. The van der Waals surface area contributed by atoms with Crippen LogP contribution >= 0.6 is 0 Å². The van der Waals surface area contributed by atoms with Gasteiger partial charge in [-0.2, -0.15) is 0 Å². The quantitative estimate of drug-likeness (QED) is 0.666. The van der Waals surface area contributed by atoms with E-state index in [-0.39, 0.29) is 0 Å². The van der Waals surface area contributed by atoms with Crippen molar-refractivity contribution in [3.05, 3.63) is 53.6 Å². The monoisotopic (exact) mass is 265 g/mol. The van der Waals surface area contributed by atoms with Crippen LogP contribution in [0.4, 0.5) is 0 Å². The number of hydrogen-bond acceptors (Lipinski definition) is 2. The number of rotatable bonds is 3. The third-order valence-electron chi connectivity index (χ3n) is 3.36. The van der Waals surface area contributed by atoms with Crippen LogP contribution in [-0.2, 0) is 6.42 Å². The average molecular weight is 265 g/mol. The Morgan fingerprint density at radius 1 is 1.10 bits per heavy atom. The third-order valence-corrected chi connectivity index (χ3v) is 3.36. The average Bonchev–Trinajstić information content (AvgIpc) is 2.81. The van der Waals surface area contributed by atoms with Crippen molar-refractivity contribution in [3.63, 3.8) is 0 Å². The Bertz CT molecular complexity index is 740. The predicted molar refractivity (Wildman–Crippen MR) is 82.7 cm³/mol. The second-order valence-electron chi connectivity index (χ2n) is 5.79. The number of aromatic nitrogens is 1. The normalized spacial score (nSPS) is 11.4. The molecular weight excluding hydrogens is 246 g/mol. The predicted octanol–water partition coefficient (Wildman–Crippen LogP) is 5.00. The van der Waals surface area contributed by atoms with E-state index in [1.807, 2.05) is 18.2 Å². The highest BCUT2D eigenvalue weighted by molar-refractivity contribution is 5.77. The topological polar surface area (TPSA) is 26.0 Å². The van der Waals surface area contributed by atoms with Crippen LogP contribution < -0.4 is 0 Å². The molecule has 2 heteroatoms. The fourth-order valence-electron chi connectivity index (χ4n) is 2.47. The summed E-state index contributed by atoms with van der Waals surface area (Å²) < 4.78 is 5.86. The molecule has 2 nitrogen and oxygen atoms in total. The van der Waals surface area contributed by atoms with Gasteiger partial charge < -0.3 is 4.42 Å². The Hall–Kier alpha value is -2.09. The Balaban J connectivity index is 2.02. The number of fused-ring (bicyclic) bond motifs is 1. The summed E-state index contributed by atoms with van der Waals surface area (Å²) in [7, 11) is 0. The second kappa shape index (κ2) is 5.12. The maximum absolute atomic E-state index is 5.86. The molecule has 0 unspecified atom stereocenters. The molecule has 2 aromatic carbocycles. The van der Waals surface area contributed by atoms with Gasteiger partial charge in [0.2, 0.25) is 5.89 Å². The van der Waals surface area contributed by atoms with Crippen molar-refractivity contribution in [3.8, 4) is 11.5 Å². The van der Waals surface area contributed by atoms with Gasteiger partial charge in [0.15, 0.2) is 5.58 Å². The van der Waals surface area contributed by atoms with Gasteiger partial charge in [-0.15, -0.1) is 0 Å². The molecule has 102 valence electrons. The number of oxazole rings is 1. The lowest BCUT2D eigenvalue weighted by atomic mass is 10.0. The molecule has 0 amide bonds. The molecule has 1 aromatic heterocycles. The van der Waals surface area contributed by atoms with Crippen LogP contribution in [0.5, 0.6) is 0 Å². The number of aryl methyl sites for hydroxylation is 1. The van der Waals surface area contributed by atoms with Crippen molar-refractivity contribution in [2.75, 3.05) is 0 Å². The molecule has 0 radical (unpaired) electrons. The molecule has 0 spiro atoms. The summed E-state index contributed by atoms with van der Waals surface area (Å²) in [5, 5.41) is 0. The molecule has 20 heavy (non-hydrogen) atoms. The minimum absolute atomic E-state index is 0.649. The second-order valence-corrected chi connectivity index (χ2v) is 5.79. The van der Waals surface area contributed by atoms with Gasteiger partial charge in [0.1, 0.15) is 5.52 Å². The first kappa shape index (κ1) is 12.9. The number of benzene rings is 2. The smallest absolute Gasteiger partial charge is 0.227 e. The molecule has 3 aromatic rings. The fraction of sp³-hybridized carbons (Fsp3) is 0.278. The van der Waals surface area contributed by atoms with E-state index in [1.54, 1.807) is 0 Å². The minimum Gasteiger partial charge on any atom is -0.436 e. The van der Waals surface area contributed by atoms with E-state index in [9.17, 15) is 0 Å². The highest BCUT2D eigenvalue weighted by Gasteiger charge is 2.09. The van der Waals surface area contributed by atoms with E-state index in [0.717, 1.165) is 23.1 Å². The zero-order chi connectivity index (χ0) is 14.1. The summed E-state index contributed by atoms with van der Waals surface area (Å²) >= 11 is 0. The molecule has 0 bridgehead atoms. The van der Waals surface area contributed by atoms with Crippen LogP contribution in [-0.4, -0.2) is 4.98 Å². The van der Waals surface area contributed by atoms with Crippen LogP contribution in [0.15, 0.2) is 46.9 Å². The third kappa shape index (κ3) is 2.60. The Morgan fingerprint density at radius 3 is 2.70 bits per heavy atom. The van der Waals surface area contributed by atoms with Gasteiger partial charge in [0.25, 0.3) is 0 Å². The lowest BCUT2D eigenvalue weighted by molar-refractivity contribution is 0.619. The summed E-state index contributed by atoms with van der Waals surface area (Å²) in [4.78, 5) is 4.63. The molecule has 0 saturated carbocycles. The maximum atomic E-state index is 5.86. The minimum atomic E-state index is 0.649. The van der Waals surface area contributed by atoms with Crippen LogP contribution in [0.2, 0.25) is 0 Å². The van der Waals surface area contributed by atoms with Crippen LogP contribution in [0.3, 0.4) is 0 Å². The van der Waals surface area contributed by atoms with Crippen molar-refractivity contribution in [1.82, 2.24) is 4.98 Å². The van der Waals surface area contributed by atoms with Crippen molar-refractivity contribution in [2.45, 2.75) is 27.2 Å². The number of nitrogens with zero attached hydrogens (tertiary/aromatic N) is 1. The highest BCUT2D eigenvalue weighted by atomic mass is 16.3. The van der Waals surface area contributed by atoms with E-state index in [4.69, 9.17) is 4.42 Å². The molecular formula is C18H19NO. The van der Waals surface area contributed by atoms with Gasteiger partial charge in [-0.05, 0) is 49.1 Å². The highest BCUT2D eigenvalue weighted by Crippen LogP contribution is 2.26. The fourth-order valence-corrected chi connectivity index (χ4v) is 2.47. The zero-order valence-corrected chi connectivity index (χ0v) is 12.2. The summed E-state index contributed by atoms with van der Waals surface area (Å²) in [5.74, 6) is 1.35. The summed E-state index contributed by atoms with van der Waals surface area (Å²) in [5.41, 5.74) is 5.36. The number of hydrogen-bond donors (Lipinski definition) is 0. The van der Waals surface area contributed by atoms with Gasteiger partial charge >= 0.3 is 0 Å². The molecule has 0 aliphatic heterocycles. The van der Waals surface area contributed by atoms with Crippen LogP contribution in [0, 0.1) is 12.8 Å². The molecule has 0 aliphatic rings. The van der Waals surface area contributed by atoms with Gasteiger partial charge in [-0.25, -0.2) is 4.98 Å². The first-order chi connectivity index (χ1) is 9.61. The summed E-state index contributed by atoms with van der Waals surface area (Å²) in [6.45, 7) is 6.53. The van der Waals surface area contributed by atoms with Crippen molar-refractivity contribution < 1.29 is 4.42 Å². The van der Waals surface area contributed by atoms with Gasteiger partial charge in [-0.1, -0.05) is 37.6 Å². The van der Waals surface area contributed by atoms with Crippen LogP contribution in [0.25, 0.3) is 22.6 Å². The lowest BCUT2D eigenvalue weighted by Crippen LogP contribution is -1.93. The van der Waals surface area contributed by atoms with E-state index in [0.29, 0.717) is 11.8 Å². The van der Waals surface area contributed by atoms with E-state index in [1.165, 1.54) is 11.1 Å². The molecule has 0 atom stereocenters. The Kier molecular flexibility index (Phi) is 3.31. The van der Waals surface area contributed by atoms with Crippen molar-refractivity contribution in [1.29, 1.82) is 0 Å². The first-order valence-electron chi connectivity index (χ1n) is 7.08. The van der Waals surface area contributed by atoms with Crippen LogP contribution in [0.1, 0.15) is 25.0 Å². The van der Waals surface area contributed by atoms with Crippen molar-refractivity contribution in [2.24, 2.45) is 5.92 Å². The largest absolute Gasteiger partial charge is 0.436 e. The molecule has 0 fully saturated rings. The Morgan fingerprint density at radius 2 is 1.95 bits per heavy atom. The maximum Gasteiger partial charge on any atom is 0.227 e. The molecule has 0 N–H and O–H groups in total. The standard InChI is InChI=1S/C18H19NO/c1-12(2)9-14-7-8-17-16(11-14)19-18(20-17)15-6-4-5-13(3)10-15/h4-8,10-12H,9H2,1-3H3. The molecule has 0 aliphatic carbocycles. The molecule has 0 saturated heterocycles. The van der Waals surface area contributed by atoms with E-state index in [2.05, 4.69) is 50.0 Å². The molecule has 3 rings (SSSR count). The first-order valence-corrected chi connectivity index (χ1v) is 7.08. The van der Waals surface area contributed by atoms with Gasteiger partial charge in [0, 0.05) is 5.56 Å². The van der Waals surface area contributed by atoms with Crippen molar-refractivity contribution >= 4 is 11.1 Å².